The van der Waals surface area contributed by atoms with Gasteiger partial charge in [0, 0.05) is 28.7 Å². The molecule has 4 nitrogen and oxygen atoms in total. The van der Waals surface area contributed by atoms with Gasteiger partial charge in [0.1, 0.15) is 0 Å². The Labute approximate surface area is 138 Å². The van der Waals surface area contributed by atoms with E-state index in [0.717, 1.165) is 40.8 Å². The second-order valence-electron chi connectivity index (χ2n) is 5.79. The van der Waals surface area contributed by atoms with E-state index < -0.39 is 5.60 Å². The standard InChI is InChI=1S/C16H19ClN2O2S/c17-12-1-2-14-13(8-12)11(9-18-14)7-15(20)19-10-16(21)3-5-22-6-4-16/h1-2,8-9,18,21H,3-7,10H2,(H,19,20). The lowest BCUT2D eigenvalue weighted by molar-refractivity contribution is -0.121. The van der Waals surface area contributed by atoms with E-state index in [0.29, 0.717) is 11.6 Å². The smallest absolute Gasteiger partial charge is 0.224 e. The molecule has 3 N–H and O–H groups in total. The predicted molar refractivity (Wildman–Crippen MR) is 91.5 cm³/mol. The molecule has 118 valence electrons. The van der Waals surface area contributed by atoms with Crippen molar-refractivity contribution in [3.63, 3.8) is 0 Å². The number of aromatic nitrogens is 1. The lowest BCUT2D eigenvalue weighted by atomic mass is 9.97. The molecule has 1 saturated heterocycles. The number of amides is 1. The zero-order valence-electron chi connectivity index (χ0n) is 12.2. The SMILES string of the molecule is O=C(Cc1c[nH]c2ccc(Cl)cc12)NCC1(O)CCSCC1. The molecule has 22 heavy (non-hydrogen) atoms. The number of hydrogen-bond acceptors (Lipinski definition) is 3. The van der Waals surface area contributed by atoms with Crippen LogP contribution in [0.5, 0.6) is 0 Å². The number of nitrogens with one attached hydrogen (secondary N) is 2. The molecule has 0 aliphatic carbocycles. The van der Waals surface area contributed by atoms with Gasteiger partial charge in [0.2, 0.25) is 5.91 Å². The fourth-order valence-electron chi connectivity index (χ4n) is 2.72. The molecule has 1 amide bonds. The summed E-state index contributed by atoms with van der Waals surface area (Å²) >= 11 is 7.86. The highest BCUT2D eigenvalue weighted by Crippen LogP contribution is 2.26. The van der Waals surface area contributed by atoms with Crippen LogP contribution in [-0.4, -0.2) is 39.6 Å². The minimum atomic E-state index is -0.746. The quantitative estimate of drug-likeness (QED) is 0.803. The van der Waals surface area contributed by atoms with Crippen molar-refractivity contribution in [1.29, 1.82) is 0 Å². The number of rotatable bonds is 4. The summed E-state index contributed by atoms with van der Waals surface area (Å²) in [5, 5.41) is 14.9. The zero-order chi connectivity index (χ0) is 15.6. The molecule has 1 aliphatic heterocycles. The molecule has 0 atom stereocenters. The second kappa shape index (κ2) is 6.52. The van der Waals surface area contributed by atoms with E-state index in [9.17, 15) is 9.90 Å². The van der Waals surface area contributed by atoms with E-state index in [2.05, 4.69) is 10.3 Å². The van der Waals surface area contributed by atoms with Gasteiger partial charge < -0.3 is 15.4 Å². The fourth-order valence-corrected chi connectivity index (χ4v) is 4.15. The van der Waals surface area contributed by atoms with Crippen LogP contribution in [0.15, 0.2) is 24.4 Å². The lowest BCUT2D eigenvalue weighted by Crippen LogP contribution is -2.45. The first kappa shape index (κ1) is 15.7. The highest BCUT2D eigenvalue weighted by molar-refractivity contribution is 7.99. The van der Waals surface area contributed by atoms with Crippen molar-refractivity contribution in [1.82, 2.24) is 10.3 Å². The Bertz CT molecular complexity index is 680. The van der Waals surface area contributed by atoms with Crippen LogP contribution < -0.4 is 5.32 Å². The van der Waals surface area contributed by atoms with Crippen LogP contribution in [-0.2, 0) is 11.2 Å². The molecule has 1 fully saturated rings. The number of halogens is 1. The second-order valence-corrected chi connectivity index (χ2v) is 7.46. The van der Waals surface area contributed by atoms with Crippen molar-refractivity contribution < 1.29 is 9.90 Å². The van der Waals surface area contributed by atoms with E-state index >= 15 is 0 Å². The van der Waals surface area contributed by atoms with Crippen molar-refractivity contribution in [3.05, 3.63) is 35.0 Å². The fraction of sp³-hybridized carbons (Fsp3) is 0.438. The molecule has 2 aromatic rings. The Morgan fingerprint density at radius 2 is 2.18 bits per heavy atom. The van der Waals surface area contributed by atoms with Crippen LogP contribution in [0.3, 0.4) is 0 Å². The number of benzene rings is 1. The maximum atomic E-state index is 12.1. The minimum Gasteiger partial charge on any atom is -0.388 e. The Morgan fingerprint density at radius 3 is 2.95 bits per heavy atom. The molecular formula is C16H19ClN2O2S. The highest BCUT2D eigenvalue weighted by atomic mass is 35.5. The Morgan fingerprint density at radius 1 is 1.41 bits per heavy atom. The largest absolute Gasteiger partial charge is 0.388 e. The Hall–Kier alpha value is -1.17. The molecule has 2 heterocycles. The van der Waals surface area contributed by atoms with Crippen LogP contribution >= 0.6 is 23.4 Å². The van der Waals surface area contributed by atoms with Gasteiger partial charge in [0.05, 0.1) is 12.0 Å². The molecule has 0 radical (unpaired) electrons. The Kier molecular flexibility index (Phi) is 4.66. The summed E-state index contributed by atoms with van der Waals surface area (Å²) in [6, 6.07) is 5.59. The van der Waals surface area contributed by atoms with E-state index in [1.807, 2.05) is 36.2 Å². The number of aromatic amines is 1. The Balaban J connectivity index is 1.62. The van der Waals surface area contributed by atoms with E-state index in [4.69, 9.17) is 11.6 Å². The van der Waals surface area contributed by atoms with Gasteiger partial charge in [-0.1, -0.05) is 11.6 Å². The molecule has 1 aliphatic rings. The maximum absolute atomic E-state index is 12.1. The number of H-pyrrole nitrogens is 1. The minimum absolute atomic E-state index is 0.0764. The molecule has 0 spiro atoms. The van der Waals surface area contributed by atoms with Crippen molar-refractivity contribution in [2.45, 2.75) is 24.9 Å². The molecule has 1 aromatic carbocycles. The van der Waals surface area contributed by atoms with Crippen molar-refractivity contribution in [2.75, 3.05) is 18.1 Å². The predicted octanol–water partition coefficient (Wildman–Crippen LogP) is 2.74. The lowest BCUT2D eigenvalue weighted by Gasteiger charge is -2.31. The molecule has 3 rings (SSSR count). The van der Waals surface area contributed by atoms with Gasteiger partial charge in [0.25, 0.3) is 0 Å². The summed E-state index contributed by atoms with van der Waals surface area (Å²) in [6.45, 7) is 0.329. The average molecular weight is 339 g/mol. The first-order valence-corrected chi connectivity index (χ1v) is 8.91. The van der Waals surface area contributed by atoms with Crippen LogP contribution in [0, 0.1) is 0 Å². The number of thioether (sulfide) groups is 1. The van der Waals surface area contributed by atoms with Gasteiger partial charge in [0.15, 0.2) is 0 Å². The third-order valence-corrected chi connectivity index (χ3v) is 5.34. The molecule has 6 heteroatoms. The van der Waals surface area contributed by atoms with Gasteiger partial charge in [-0.2, -0.15) is 11.8 Å². The topological polar surface area (TPSA) is 65.1 Å². The summed E-state index contributed by atoms with van der Waals surface area (Å²) in [6.07, 6.45) is 3.60. The third kappa shape index (κ3) is 3.59. The summed E-state index contributed by atoms with van der Waals surface area (Å²) in [4.78, 5) is 15.3. The maximum Gasteiger partial charge on any atom is 0.224 e. The van der Waals surface area contributed by atoms with E-state index in [-0.39, 0.29) is 12.3 Å². The van der Waals surface area contributed by atoms with E-state index in [1.54, 1.807) is 0 Å². The van der Waals surface area contributed by atoms with E-state index in [1.165, 1.54) is 0 Å². The van der Waals surface area contributed by atoms with Crippen molar-refractivity contribution in [2.24, 2.45) is 0 Å². The van der Waals surface area contributed by atoms with Gasteiger partial charge in [-0.25, -0.2) is 0 Å². The van der Waals surface area contributed by atoms with Crippen LogP contribution in [0.1, 0.15) is 18.4 Å². The number of fused-ring (bicyclic) bond motifs is 1. The highest BCUT2D eigenvalue weighted by Gasteiger charge is 2.29. The first-order chi connectivity index (χ1) is 10.6. The van der Waals surface area contributed by atoms with Crippen LogP contribution in [0.2, 0.25) is 5.02 Å². The van der Waals surface area contributed by atoms with Gasteiger partial charge in [-0.3, -0.25) is 4.79 Å². The van der Waals surface area contributed by atoms with Gasteiger partial charge >= 0.3 is 0 Å². The molecule has 0 unspecified atom stereocenters. The molecule has 0 bridgehead atoms. The van der Waals surface area contributed by atoms with Crippen molar-refractivity contribution >= 4 is 40.2 Å². The molecule has 1 aromatic heterocycles. The van der Waals surface area contributed by atoms with Gasteiger partial charge in [-0.15, -0.1) is 0 Å². The van der Waals surface area contributed by atoms with Crippen LogP contribution in [0.25, 0.3) is 10.9 Å². The summed E-state index contributed by atoms with van der Waals surface area (Å²) in [5.41, 5.74) is 1.14. The first-order valence-electron chi connectivity index (χ1n) is 7.38. The van der Waals surface area contributed by atoms with Crippen molar-refractivity contribution in [3.8, 4) is 0 Å². The molecule has 0 saturated carbocycles. The number of carbonyl (C=O) groups is 1. The summed E-state index contributed by atoms with van der Waals surface area (Å²) in [5.74, 6) is 1.83. The van der Waals surface area contributed by atoms with Gasteiger partial charge in [-0.05, 0) is 48.1 Å². The van der Waals surface area contributed by atoms with Crippen LogP contribution in [0.4, 0.5) is 0 Å². The summed E-state index contributed by atoms with van der Waals surface area (Å²) < 4.78 is 0. The monoisotopic (exact) mass is 338 g/mol. The number of aliphatic hydroxyl groups is 1. The average Bonchev–Trinajstić information content (AvgIpc) is 2.88. The molecular weight excluding hydrogens is 320 g/mol. The summed E-state index contributed by atoms with van der Waals surface area (Å²) in [7, 11) is 0. The normalized spacial score (nSPS) is 17.5. The third-order valence-electron chi connectivity index (χ3n) is 4.12. The number of hydrogen-bond donors (Lipinski definition) is 3. The zero-order valence-corrected chi connectivity index (χ0v) is 13.8. The number of carbonyl (C=O) groups excluding carboxylic acids is 1.